The largest absolute Gasteiger partial charge is 0.394 e. The third kappa shape index (κ3) is 2.03. The molecule has 0 aliphatic rings. The summed E-state index contributed by atoms with van der Waals surface area (Å²) in [4.78, 5) is 14.8. The van der Waals surface area contributed by atoms with E-state index in [4.69, 9.17) is 10.2 Å². The second kappa shape index (κ2) is 4.20. The first-order chi connectivity index (χ1) is 7.31. The van der Waals surface area contributed by atoms with E-state index < -0.39 is 6.10 Å². The Bertz CT molecular complexity index is 443. The lowest BCUT2D eigenvalue weighted by atomic mass is 10.3. The molecule has 0 bridgehead atoms. The summed E-state index contributed by atoms with van der Waals surface area (Å²) in [5, 5.41) is 20.7. The monoisotopic (exact) mass is 209 g/mol. The number of aliphatic hydroxyl groups excluding tert-OH is 2. The highest BCUT2D eigenvalue weighted by Gasteiger charge is 2.07. The van der Waals surface area contributed by atoms with Gasteiger partial charge in [-0.3, -0.25) is 0 Å². The maximum absolute atomic E-state index is 9.16. The summed E-state index contributed by atoms with van der Waals surface area (Å²) < 4.78 is 0. The molecule has 2 aromatic rings. The van der Waals surface area contributed by atoms with Crippen molar-refractivity contribution < 1.29 is 10.2 Å². The molecular formula is C8H11N5O2. The Balaban J connectivity index is 2.17. The lowest BCUT2D eigenvalue weighted by Gasteiger charge is -2.09. The number of aromatic amines is 1. The molecule has 1 atom stereocenters. The zero-order valence-corrected chi connectivity index (χ0v) is 7.88. The van der Waals surface area contributed by atoms with Crippen molar-refractivity contribution in [2.24, 2.45) is 0 Å². The summed E-state index contributed by atoms with van der Waals surface area (Å²) in [6.45, 7) is -0.0637. The lowest BCUT2D eigenvalue weighted by Crippen LogP contribution is -2.23. The van der Waals surface area contributed by atoms with Gasteiger partial charge in [0.25, 0.3) is 0 Å². The molecule has 0 spiro atoms. The molecule has 2 aromatic heterocycles. The highest BCUT2D eigenvalue weighted by molar-refractivity contribution is 5.81. The summed E-state index contributed by atoms with van der Waals surface area (Å²) in [6, 6.07) is 0. The SMILES string of the molecule is OCC(O)CNc1ncnc2nc[nH]c12. The minimum Gasteiger partial charge on any atom is -0.394 e. The molecule has 15 heavy (non-hydrogen) atoms. The minimum absolute atomic E-state index is 0.224. The number of nitrogens with one attached hydrogen (secondary N) is 2. The average Bonchev–Trinajstić information content (AvgIpc) is 2.74. The summed E-state index contributed by atoms with van der Waals surface area (Å²) in [5.74, 6) is 0.560. The van der Waals surface area contributed by atoms with Crippen LogP contribution in [0.5, 0.6) is 0 Å². The van der Waals surface area contributed by atoms with Gasteiger partial charge in [-0.25, -0.2) is 15.0 Å². The number of aromatic nitrogens is 4. The van der Waals surface area contributed by atoms with Crippen molar-refractivity contribution >= 4 is 17.0 Å². The second-order valence-corrected chi connectivity index (χ2v) is 3.04. The van der Waals surface area contributed by atoms with Gasteiger partial charge in [0, 0.05) is 6.54 Å². The number of nitrogens with zero attached hydrogens (tertiary/aromatic N) is 3. The molecule has 2 heterocycles. The first-order valence-electron chi connectivity index (χ1n) is 4.48. The van der Waals surface area contributed by atoms with E-state index in [1.165, 1.54) is 12.7 Å². The number of anilines is 1. The van der Waals surface area contributed by atoms with Crippen LogP contribution in [0.2, 0.25) is 0 Å². The van der Waals surface area contributed by atoms with Crippen molar-refractivity contribution in [3.05, 3.63) is 12.7 Å². The van der Waals surface area contributed by atoms with Gasteiger partial charge in [-0.15, -0.1) is 0 Å². The van der Waals surface area contributed by atoms with E-state index in [0.29, 0.717) is 17.0 Å². The summed E-state index contributed by atoms with van der Waals surface area (Å²) in [7, 11) is 0. The number of H-pyrrole nitrogens is 1. The number of hydrogen-bond donors (Lipinski definition) is 4. The van der Waals surface area contributed by atoms with Gasteiger partial charge >= 0.3 is 0 Å². The fourth-order valence-electron chi connectivity index (χ4n) is 1.18. The van der Waals surface area contributed by atoms with Crippen LogP contribution in [0, 0.1) is 0 Å². The van der Waals surface area contributed by atoms with E-state index in [1.54, 1.807) is 0 Å². The summed E-state index contributed by atoms with van der Waals surface area (Å²) in [6.07, 6.45) is 2.10. The highest BCUT2D eigenvalue weighted by Crippen LogP contribution is 2.13. The van der Waals surface area contributed by atoms with Crippen LogP contribution < -0.4 is 5.32 Å². The van der Waals surface area contributed by atoms with Gasteiger partial charge in [-0.05, 0) is 0 Å². The van der Waals surface area contributed by atoms with Crippen molar-refractivity contribution in [1.29, 1.82) is 0 Å². The third-order valence-corrected chi connectivity index (χ3v) is 1.94. The smallest absolute Gasteiger partial charge is 0.182 e. The van der Waals surface area contributed by atoms with Gasteiger partial charge in [0.2, 0.25) is 0 Å². The Morgan fingerprint density at radius 3 is 3.07 bits per heavy atom. The van der Waals surface area contributed by atoms with Crippen LogP contribution in [0.25, 0.3) is 11.2 Å². The molecule has 4 N–H and O–H groups in total. The molecule has 80 valence electrons. The second-order valence-electron chi connectivity index (χ2n) is 3.04. The number of fused-ring (bicyclic) bond motifs is 1. The normalized spacial score (nSPS) is 12.9. The molecule has 7 heteroatoms. The maximum atomic E-state index is 9.16. The third-order valence-electron chi connectivity index (χ3n) is 1.94. The first kappa shape index (κ1) is 9.81. The number of rotatable bonds is 4. The fourth-order valence-corrected chi connectivity index (χ4v) is 1.18. The number of aliphatic hydroxyl groups is 2. The Kier molecular flexibility index (Phi) is 2.75. The van der Waals surface area contributed by atoms with E-state index in [0.717, 1.165) is 0 Å². The van der Waals surface area contributed by atoms with Crippen molar-refractivity contribution in [2.45, 2.75) is 6.10 Å². The van der Waals surface area contributed by atoms with Crippen molar-refractivity contribution in [3.63, 3.8) is 0 Å². The minimum atomic E-state index is -0.807. The van der Waals surface area contributed by atoms with E-state index in [2.05, 4.69) is 25.3 Å². The molecule has 0 aliphatic carbocycles. The van der Waals surface area contributed by atoms with Gasteiger partial charge in [0.15, 0.2) is 11.5 Å². The van der Waals surface area contributed by atoms with Crippen molar-refractivity contribution in [3.8, 4) is 0 Å². The van der Waals surface area contributed by atoms with E-state index in [9.17, 15) is 0 Å². The Labute approximate surface area is 85.2 Å². The first-order valence-corrected chi connectivity index (χ1v) is 4.48. The number of hydrogen-bond acceptors (Lipinski definition) is 6. The molecule has 0 aromatic carbocycles. The van der Waals surface area contributed by atoms with Crippen LogP contribution in [-0.4, -0.2) is 49.4 Å². The van der Waals surface area contributed by atoms with Crippen LogP contribution in [0.4, 0.5) is 5.82 Å². The average molecular weight is 209 g/mol. The van der Waals surface area contributed by atoms with Crippen LogP contribution >= 0.6 is 0 Å². The maximum Gasteiger partial charge on any atom is 0.182 e. The Morgan fingerprint density at radius 1 is 1.40 bits per heavy atom. The van der Waals surface area contributed by atoms with Crippen LogP contribution in [-0.2, 0) is 0 Å². The van der Waals surface area contributed by atoms with Crippen molar-refractivity contribution in [1.82, 2.24) is 19.9 Å². The van der Waals surface area contributed by atoms with Crippen LogP contribution in [0.1, 0.15) is 0 Å². The predicted octanol–water partition coefficient (Wildman–Crippen LogP) is -0.882. The molecule has 0 amide bonds. The van der Waals surface area contributed by atoms with Gasteiger partial charge in [0.05, 0.1) is 19.0 Å². The zero-order chi connectivity index (χ0) is 10.7. The molecule has 1 unspecified atom stereocenters. The topological polar surface area (TPSA) is 107 Å². The molecule has 2 rings (SSSR count). The predicted molar refractivity (Wildman–Crippen MR) is 53.3 cm³/mol. The van der Waals surface area contributed by atoms with Gasteiger partial charge in [-0.2, -0.15) is 0 Å². The van der Waals surface area contributed by atoms with Crippen molar-refractivity contribution in [2.75, 3.05) is 18.5 Å². The molecule has 0 saturated carbocycles. The molecule has 0 aliphatic heterocycles. The summed E-state index contributed by atoms with van der Waals surface area (Å²) >= 11 is 0. The standard InChI is InChI=1S/C8H11N5O2/c14-2-5(15)1-9-7-6-8(11-3-10-6)13-4-12-7/h3-5,14-15H,1-2H2,(H2,9,10,11,12,13). The Morgan fingerprint density at radius 2 is 2.27 bits per heavy atom. The molecule has 7 nitrogen and oxygen atoms in total. The van der Waals surface area contributed by atoms with E-state index in [-0.39, 0.29) is 13.2 Å². The fraction of sp³-hybridized carbons (Fsp3) is 0.375. The highest BCUT2D eigenvalue weighted by atomic mass is 16.3. The van der Waals surface area contributed by atoms with Crippen LogP contribution in [0.3, 0.4) is 0 Å². The molecule has 0 fully saturated rings. The van der Waals surface area contributed by atoms with Gasteiger partial charge in [0.1, 0.15) is 11.8 Å². The van der Waals surface area contributed by atoms with Gasteiger partial charge in [-0.1, -0.05) is 0 Å². The van der Waals surface area contributed by atoms with E-state index in [1.807, 2.05) is 0 Å². The zero-order valence-electron chi connectivity index (χ0n) is 7.88. The quantitative estimate of drug-likeness (QED) is 0.521. The number of imidazole rings is 1. The molecule has 0 saturated heterocycles. The van der Waals surface area contributed by atoms with Crippen LogP contribution in [0.15, 0.2) is 12.7 Å². The molecule has 0 radical (unpaired) electrons. The van der Waals surface area contributed by atoms with E-state index >= 15 is 0 Å². The Hall–Kier alpha value is -1.73. The van der Waals surface area contributed by atoms with Gasteiger partial charge < -0.3 is 20.5 Å². The molecular weight excluding hydrogens is 198 g/mol. The lowest BCUT2D eigenvalue weighted by molar-refractivity contribution is 0.105. The summed E-state index contributed by atoms with van der Waals surface area (Å²) in [5.41, 5.74) is 1.24.